The van der Waals surface area contributed by atoms with E-state index in [1.807, 2.05) is 0 Å². The SMILES string of the molecule is COc1cccc(S(N)(=O)=O)c1C[C@@H](O)CN1CC(C)CC1C. The van der Waals surface area contributed by atoms with E-state index in [9.17, 15) is 13.5 Å². The molecule has 23 heavy (non-hydrogen) atoms. The smallest absolute Gasteiger partial charge is 0.238 e. The molecule has 130 valence electrons. The predicted molar refractivity (Wildman–Crippen MR) is 88.9 cm³/mol. The van der Waals surface area contributed by atoms with Gasteiger partial charge in [-0.2, -0.15) is 0 Å². The third kappa shape index (κ3) is 4.44. The van der Waals surface area contributed by atoms with Crippen LogP contribution in [0.15, 0.2) is 23.1 Å². The lowest BCUT2D eigenvalue weighted by Gasteiger charge is -2.25. The van der Waals surface area contributed by atoms with Crippen molar-refractivity contribution < 1.29 is 18.3 Å². The molecule has 3 atom stereocenters. The van der Waals surface area contributed by atoms with Crippen LogP contribution in [0.2, 0.25) is 0 Å². The van der Waals surface area contributed by atoms with Gasteiger partial charge in [0.1, 0.15) is 5.75 Å². The van der Waals surface area contributed by atoms with E-state index in [1.165, 1.54) is 13.2 Å². The van der Waals surface area contributed by atoms with Crippen LogP contribution in [0.4, 0.5) is 0 Å². The molecule has 0 saturated carbocycles. The van der Waals surface area contributed by atoms with E-state index in [4.69, 9.17) is 9.88 Å². The highest BCUT2D eigenvalue weighted by Crippen LogP contribution is 2.28. The summed E-state index contributed by atoms with van der Waals surface area (Å²) >= 11 is 0. The third-order valence-electron chi connectivity index (χ3n) is 4.41. The molecule has 1 saturated heterocycles. The van der Waals surface area contributed by atoms with E-state index < -0.39 is 16.1 Å². The molecule has 2 rings (SSSR count). The van der Waals surface area contributed by atoms with Gasteiger partial charge in [-0.3, -0.25) is 4.90 Å². The first-order chi connectivity index (χ1) is 10.7. The van der Waals surface area contributed by atoms with Gasteiger partial charge in [-0.25, -0.2) is 13.6 Å². The van der Waals surface area contributed by atoms with Crippen molar-refractivity contribution in [1.29, 1.82) is 0 Å². The largest absolute Gasteiger partial charge is 0.496 e. The Hall–Kier alpha value is -1.15. The lowest BCUT2D eigenvalue weighted by Crippen LogP contribution is -2.36. The fourth-order valence-corrected chi connectivity index (χ4v) is 4.21. The molecule has 0 spiro atoms. The molecule has 0 radical (unpaired) electrons. The van der Waals surface area contributed by atoms with E-state index in [2.05, 4.69) is 18.7 Å². The van der Waals surface area contributed by atoms with E-state index in [0.717, 1.165) is 13.0 Å². The molecule has 1 aliphatic heterocycles. The highest BCUT2D eigenvalue weighted by atomic mass is 32.2. The first-order valence-electron chi connectivity index (χ1n) is 7.83. The van der Waals surface area contributed by atoms with Gasteiger partial charge in [0, 0.05) is 31.1 Å². The van der Waals surface area contributed by atoms with Crippen LogP contribution in [0.3, 0.4) is 0 Å². The van der Waals surface area contributed by atoms with E-state index in [-0.39, 0.29) is 11.3 Å². The predicted octanol–water partition coefficient (Wildman–Crippen LogP) is 0.976. The first kappa shape index (κ1) is 18.2. The number of methoxy groups -OCH3 is 1. The van der Waals surface area contributed by atoms with Crippen LogP contribution in [-0.2, 0) is 16.4 Å². The van der Waals surface area contributed by atoms with Crippen molar-refractivity contribution in [3.8, 4) is 5.75 Å². The van der Waals surface area contributed by atoms with Crippen LogP contribution in [0.1, 0.15) is 25.8 Å². The highest BCUT2D eigenvalue weighted by molar-refractivity contribution is 7.89. The van der Waals surface area contributed by atoms with Crippen molar-refractivity contribution >= 4 is 10.0 Å². The zero-order chi connectivity index (χ0) is 17.2. The molecule has 2 unspecified atom stereocenters. The number of rotatable bonds is 6. The van der Waals surface area contributed by atoms with Gasteiger partial charge in [0.2, 0.25) is 10.0 Å². The van der Waals surface area contributed by atoms with E-state index in [1.54, 1.807) is 12.1 Å². The molecule has 1 aliphatic rings. The number of hydrogen-bond donors (Lipinski definition) is 2. The van der Waals surface area contributed by atoms with Gasteiger partial charge in [-0.05, 0) is 31.4 Å². The number of nitrogens with zero attached hydrogens (tertiary/aromatic N) is 1. The molecule has 1 aromatic carbocycles. The average molecular weight is 342 g/mol. The number of likely N-dealkylation sites (tertiary alicyclic amines) is 1. The second kappa shape index (κ2) is 7.17. The standard InChI is InChI=1S/C16H26N2O4S/c1-11-7-12(2)18(9-11)10-13(19)8-14-15(22-3)5-4-6-16(14)23(17,20)21/h4-6,11-13,19H,7-10H2,1-3H3,(H2,17,20,21)/t11?,12?,13-/m1/s1. The van der Waals surface area contributed by atoms with Crippen molar-refractivity contribution in [3.05, 3.63) is 23.8 Å². The third-order valence-corrected chi connectivity index (χ3v) is 5.41. The normalized spacial score (nSPS) is 23.9. The molecule has 3 N–H and O–H groups in total. The fraction of sp³-hybridized carbons (Fsp3) is 0.625. The Balaban J connectivity index is 2.18. The van der Waals surface area contributed by atoms with Crippen molar-refractivity contribution in [2.24, 2.45) is 11.1 Å². The van der Waals surface area contributed by atoms with Gasteiger partial charge in [-0.15, -0.1) is 0 Å². The molecule has 0 aliphatic carbocycles. The minimum atomic E-state index is -3.86. The molecule has 1 heterocycles. The van der Waals surface area contributed by atoms with Crippen LogP contribution in [0, 0.1) is 5.92 Å². The lowest BCUT2D eigenvalue weighted by molar-refractivity contribution is 0.107. The van der Waals surface area contributed by atoms with Gasteiger partial charge in [-0.1, -0.05) is 13.0 Å². The van der Waals surface area contributed by atoms with Crippen molar-refractivity contribution in [2.45, 2.75) is 43.7 Å². The van der Waals surface area contributed by atoms with Crippen molar-refractivity contribution in [3.63, 3.8) is 0 Å². The molecule has 1 fully saturated rings. The summed E-state index contributed by atoms with van der Waals surface area (Å²) in [4.78, 5) is 2.25. The van der Waals surface area contributed by atoms with Crippen molar-refractivity contribution in [2.75, 3.05) is 20.2 Å². The van der Waals surface area contributed by atoms with Gasteiger partial charge in [0.25, 0.3) is 0 Å². The van der Waals surface area contributed by atoms with E-state index in [0.29, 0.717) is 29.8 Å². The summed E-state index contributed by atoms with van der Waals surface area (Å²) in [5.41, 5.74) is 0.435. The number of primary sulfonamides is 1. The molecule has 0 aromatic heterocycles. The van der Waals surface area contributed by atoms with Crippen molar-refractivity contribution in [1.82, 2.24) is 4.90 Å². The van der Waals surface area contributed by atoms with Crippen LogP contribution in [0.25, 0.3) is 0 Å². The minimum Gasteiger partial charge on any atom is -0.496 e. The van der Waals surface area contributed by atoms with Gasteiger partial charge in [0.15, 0.2) is 0 Å². The maximum Gasteiger partial charge on any atom is 0.238 e. The monoisotopic (exact) mass is 342 g/mol. The molecule has 1 aromatic rings. The number of aliphatic hydroxyl groups excluding tert-OH is 1. The summed E-state index contributed by atoms with van der Waals surface area (Å²) in [6, 6.07) is 5.13. The number of aliphatic hydroxyl groups is 1. The van der Waals surface area contributed by atoms with Crippen LogP contribution < -0.4 is 9.88 Å². The molecular formula is C16H26N2O4S. The summed E-state index contributed by atoms with van der Waals surface area (Å²) in [6.07, 6.45) is 0.622. The summed E-state index contributed by atoms with van der Waals surface area (Å²) in [5, 5.41) is 15.7. The van der Waals surface area contributed by atoms with Gasteiger partial charge >= 0.3 is 0 Å². The Bertz CT molecular complexity index is 647. The molecule has 7 heteroatoms. The van der Waals surface area contributed by atoms with Crippen LogP contribution in [0.5, 0.6) is 5.75 Å². The van der Waals surface area contributed by atoms with Gasteiger partial charge in [0.05, 0.1) is 18.1 Å². The Kier molecular flexibility index (Phi) is 5.67. The number of β-amino-alcohol motifs (C(OH)–C–C–N with tert-alkyl or cyclic N) is 1. The minimum absolute atomic E-state index is 0.0127. The van der Waals surface area contributed by atoms with Crippen LogP contribution in [-0.4, -0.2) is 50.8 Å². The summed E-state index contributed by atoms with van der Waals surface area (Å²) in [5.74, 6) is 1.04. The quantitative estimate of drug-likeness (QED) is 0.804. The van der Waals surface area contributed by atoms with Gasteiger partial charge < -0.3 is 9.84 Å². The fourth-order valence-electron chi connectivity index (χ4n) is 3.42. The Labute approximate surface area is 138 Å². The zero-order valence-electron chi connectivity index (χ0n) is 13.9. The summed E-state index contributed by atoms with van der Waals surface area (Å²) in [7, 11) is -2.39. The second-order valence-corrected chi connectivity index (χ2v) is 8.01. The lowest BCUT2D eigenvalue weighted by atomic mass is 10.1. The molecular weight excluding hydrogens is 316 g/mol. The maximum absolute atomic E-state index is 11.8. The molecule has 0 bridgehead atoms. The highest BCUT2D eigenvalue weighted by Gasteiger charge is 2.28. The number of ether oxygens (including phenoxy) is 1. The molecule has 6 nitrogen and oxygen atoms in total. The maximum atomic E-state index is 11.8. The number of benzene rings is 1. The molecule has 0 amide bonds. The topological polar surface area (TPSA) is 92.9 Å². The number of nitrogens with two attached hydrogens (primary N) is 1. The Morgan fingerprint density at radius 2 is 2.13 bits per heavy atom. The average Bonchev–Trinajstić information content (AvgIpc) is 2.75. The number of hydrogen-bond acceptors (Lipinski definition) is 5. The summed E-state index contributed by atoms with van der Waals surface area (Å²) < 4.78 is 28.8. The number of sulfonamides is 1. The Morgan fingerprint density at radius 3 is 2.65 bits per heavy atom. The van der Waals surface area contributed by atoms with E-state index >= 15 is 0 Å². The first-order valence-corrected chi connectivity index (χ1v) is 9.37. The van der Waals surface area contributed by atoms with Crippen LogP contribution >= 0.6 is 0 Å². The zero-order valence-corrected chi connectivity index (χ0v) is 14.7. The second-order valence-electron chi connectivity index (χ2n) is 6.48. The Morgan fingerprint density at radius 1 is 1.43 bits per heavy atom. The summed E-state index contributed by atoms with van der Waals surface area (Å²) in [6.45, 7) is 5.80.